The van der Waals surface area contributed by atoms with Crippen molar-refractivity contribution in [3.63, 3.8) is 0 Å². The van der Waals surface area contributed by atoms with Crippen molar-refractivity contribution in [2.45, 2.75) is 44.3 Å². The monoisotopic (exact) mass is 186 g/mol. The van der Waals surface area contributed by atoms with Crippen LogP contribution in [0, 0.1) is 5.92 Å². The van der Waals surface area contributed by atoms with Crippen molar-refractivity contribution in [3.05, 3.63) is 0 Å². The zero-order valence-corrected chi connectivity index (χ0v) is 8.82. The second-order valence-electron chi connectivity index (χ2n) is 3.80. The van der Waals surface area contributed by atoms with Crippen LogP contribution >= 0.6 is 11.8 Å². The number of rotatable bonds is 3. The van der Waals surface area contributed by atoms with E-state index in [2.05, 4.69) is 6.26 Å². The van der Waals surface area contributed by atoms with Gasteiger partial charge in [-0.05, 0) is 38.4 Å². The molecule has 2 heteroatoms. The highest BCUT2D eigenvalue weighted by atomic mass is 32.2. The molecule has 2 atom stereocenters. The highest BCUT2D eigenvalue weighted by molar-refractivity contribution is 7.99. The fourth-order valence-corrected chi connectivity index (χ4v) is 2.91. The summed E-state index contributed by atoms with van der Waals surface area (Å²) in [5, 5.41) is 0.822. The minimum atomic E-state index is 0.363. The van der Waals surface area contributed by atoms with Gasteiger partial charge in [0.1, 0.15) is 5.78 Å². The predicted molar refractivity (Wildman–Crippen MR) is 54.6 cm³/mol. The third kappa shape index (κ3) is 3.18. The van der Waals surface area contributed by atoms with Crippen molar-refractivity contribution in [1.29, 1.82) is 0 Å². The molecule has 0 radical (unpaired) electrons. The van der Waals surface area contributed by atoms with E-state index < -0.39 is 0 Å². The molecule has 0 saturated heterocycles. The van der Waals surface area contributed by atoms with Crippen LogP contribution in [0.2, 0.25) is 0 Å². The minimum absolute atomic E-state index is 0.363. The van der Waals surface area contributed by atoms with Crippen LogP contribution in [0.5, 0.6) is 0 Å². The summed E-state index contributed by atoms with van der Waals surface area (Å²) in [5.74, 6) is 1.05. The Morgan fingerprint density at radius 1 is 1.50 bits per heavy atom. The van der Waals surface area contributed by atoms with Gasteiger partial charge in [0.05, 0.1) is 0 Å². The standard InChI is InChI=1S/C10H18OS/c1-8(11)6-9-4-3-5-10(7-9)12-2/h9-10H,3-7H2,1-2H3. The molecule has 0 bridgehead atoms. The Morgan fingerprint density at radius 2 is 2.25 bits per heavy atom. The molecule has 0 aromatic rings. The van der Waals surface area contributed by atoms with E-state index in [9.17, 15) is 4.79 Å². The topological polar surface area (TPSA) is 17.1 Å². The van der Waals surface area contributed by atoms with E-state index in [4.69, 9.17) is 0 Å². The van der Waals surface area contributed by atoms with Crippen molar-refractivity contribution in [3.8, 4) is 0 Å². The Hall–Kier alpha value is 0.0200. The maximum absolute atomic E-state index is 10.9. The van der Waals surface area contributed by atoms with Crippen LogP contribution in [0.3, 0.4) is 0 Å². The third-order valence-electron chi connectivity index (χ3n) is 2.64. The summed E-state index contributed by atoms with van der Waals surface area (Å²) in [6, 6.07) is 0. The number of thioether (sulfide) groups is 1. The smallest absolute Gasteiger partial charge is 0.130 e. The summed E-state index contributed by atoms with van der Waals surface area (Å²) < 4.78 is 0. The van der Waals surface area contributed by atoms with Crippen LogP contribution in [-0.4, -0.2) is 17.3 Å². The quantitative estimate of drug-likeness (QED) is 0.674. The van der Waals surface area contributed by atoms with E-state index in [1.807, 2.05) is 11.8 Å². The molecule has 0 aromatic carbocycles. The van der Waals surface area contributed by atoms with E-state index in [1.165, 1.54) is 25.7 Å². The highest BCUT2D eigenvalue weighted by Crippen LogP contribution is 2.32. The average Bonchev–Trinajstić information content (AvgIpc) is 2.03. The maximum Gasteiger partial charge on any atom is 0.130 e. The molecule has 0 heterocycles. The van der Waals surface area contributed by atoms with E-state index >= 15 is 0 Å². The van der Waals surface area contributed by atoms with Crippen LogP contribution in [0.1, 0.15) is 39.0 Å². The van der Waals surface area contributed by atoms with Gasteiger partial charge < -0.3 is 4.79 Å². The molecule has 70 valence electrons. The molecule has 1 aliphatic carbocycles. The Balaban J connectivity index is 2.30. The molecule has 2 unspecified atom stereocenters. The van der Waals surface area contributed by atoms with Crippen molar-refractivity contribution < 1.29 is 4.79 Å². The van der Waals surface area contributed by atoms with Crippen LogP contribution in [0.4, 0.5) is 0 Å². The molecule has 1 fully saturated rings. The normalized spacial score (nSPS) is 30.2. The van der Waals surface area contributed by atoms with Gasteiger partial charge in [-0.25, -0.2) is 0 Å². The summed E-state index contributed by atoms with van der Waals surface area (Å²) >= 11 is 1.97. The predicted octanol–water partition coefficient (Wildman–Crippen LogP) is 2.89. The number of ketones is 1. The first-order valence-corrected chi connectivity index (χ1v) is 6.03. The van der Waals surface area contributed by atoms with Crippen LogP contribution in [0.25, 0.3) is 0 Å². The maximum atomic E-state index is 10.9. The van der Waals surface area contributed by atoms with Crippen molar-refractivity contribution in [1.82, 2.24) is 0 Å². The van der Waals surface area contributed by atoms with Gasteiger partial charge in [0, 0.05) is 11.7 Å². The van der Waals surface area contributed by atoms with Gasteiger partial charge in [0.25, 0.3) is 0 Å². The molecule has 1 rings (SSSR count). The Kier molecular flexibility index (Phi) is 4.13. The van der Waals surface area contributed by atoms with Gasteiger partial charge in [-0.1, -0.05) is 6.42 Å². The summed E-state index contributed by atoms with van der Waals surface area (Å²) in [7, 11) is 0. The van der Waals surface area contributed by atoms with Gasteiger partial charge in [-0.3, -0.25) is 0 Å². The SMILES string of the molecule is CSC1CCCC(CC(C)=O)C1. The van der Waals surface area contributed by atoms with E-state index in [0.29, 0.717) is 11.7 Å². The summed E-state index contributed by atoms with van der Waals surface area (Å²) in [6.07, 6.45) is 8.22. The number of Topliss-reactive ketones (excluding diaryl/α,β-unsaturated/α-hetero) is 1. The zero-order chi connectivity index (χ0) is 8.97. The Morgan fingerprint density at radius 3 is 2.83 bits per heavy atom. The fraction of sp³-hybridized carbons (Fsp3) is 0.900. The molecule has 12 heavy (non-hydrogen) atoms. The molecular formula is C10H18OS. The lowest BCUT2D eigenvalue weighted by Crippen LogP contribution is -2.18. The molecule has 0 aromatic heterocycles. The second kappa shape index (κ2) is 4.90. The molecule has 1 saturated carbocycles. The molecule has 0 aliphatic heterocycles. The van der Waals surface area contributed by atoms with Gasteiger partial charge in [-0.2, -0.15) is 11.8 Å². The van der Waals surface area contributed by atoms with Crippen LogP contribution in [-0.2, 0) is 4.79 Å². The Bertz CT molecular complexity index is 156. The third-order valence-corrected chi connectivity index (χ3v) is 3.74. The molecule has 1 aliphatic rings. The lowest BCUT2D eigenvalue weighted by atomic mass is 9.86. The summed E-state index contributed by atoms with van der Waals surface area (Å²) in [4.78, 5) is 10.9. The number of carbonyl (C=O) groups is 1. The van der Waals surface area contributed by atoms with Gasteiger partial charge >= 0.3 is 0 Å². The van der Waals surface area contributed by atoms with E-state index in [-0.39, 0.29) is 0 Å². The summed E-state index contributed by atoms with van der Waals surface area (Å²) in [6.45, 7) is 1.71. The van der Waals surface area contributed by atoms with Crippen molar-refractivity contribution >= 4 is 17.5 Å². The van der Waals surface area contributed by atoms with Gasteiger partial charge in [0.2, 0.25) is 0 Å². The van der Waals surface area contributed by atoms with Crippen LogP contribution in [0.15, 0.2) is 0 Å². The van der Waals surface area contributed by atoms with Crippen molar-refractivity contribution in [2.24, 2.45) is 5.92 Å². The summed E-state index contributed by atoms with van der Waals surface area (Å²) in [5.41, 5.74) is 0. The first-order chi connectivity index (χ1) is 5.72. The molecule has 1 nitrogen and oxygen atoms in total. The number of hydrogen-bond donors (Lipinski definition) is 0. The average molecular weight is 186 g/mol. The van der Waals surface area contributed by atoms with Crippen molar-refractivity contribution in [2.75, 3.05) is 6.26 Å². The second-order valence-corrected chi connectivity index (χ2v) is 4.93. The lowest BCUT2D eigenvalue weighted by molar-refractivity contribution is -0.118. The lowest BCUT2D eigenvalue weighted by Gasteiger charge is -2.27. The largest absolute Gasteiger partial charge is 0.300 e. The minimum Gasteiger partial charge on any atom is -0.300 e. The molecule has 0 spiro atoms. The number of hydrogen-bond acceptors (Lipinski definition) is 2. The number of carbonyl (C=O) groups excluding carboxylic acids is 1. The van der Waals surface area contributed by atoms with Gasteiger partial charge in [0.15, 0.2) is 0 Å². The van der Waals surface area contributed by atoms with E-state index in [1.54, 1.807) is 6.92 Å². The Labute approximate surface area is 79.3 Å². The highest BCUT2D eigenvalue weighted by Gasteiger charge is 2.21. The first kappa shape index (κ1) is 10.1. The molecule has 0 amide bonds. The van der Waals surface area contributed by atoms with E-state index in [0.717, 1.165) is 11.7 Å². The zero-order valence-electron chi connectivity index (χ0n) is 8.01. The molecular weight excluding hydrogens is 168 g/mol. The first-order valence-electron chi connectivity index (χ1n) is 4.74. The van der Waals surface area contributed by atoms with Crippen LogP contribution < -0.4 is 0 Å². The molecule has 0 N–H and O–H groups in total. The van der Waals surface area contributed by atoms with Gasteiger partial charge in [-0.15, -0.1) is 0 Å². The fourth-order valence-electron chi connectivity index (χ4n) is 2.05.